The van der Waals surface area contributed by atoms with Crippen LogP contribution >= 0.6 is 11.8 Å². The van der Waals surface area contributed by atoms with Gasteiger partial charge in [0.25, 0.3) is 14.2 Å². The number of Topliss-reactive ketones (excluding diaryl/α,β-unsaturated/α-hetero) is 1. The van der Waals surface area contributed by atoms with Gasteiger partial charge >= 0.3 is 6.09 Å². The molecule has 0 atom stereocenters. The molecule has 0 saturated heterocycles. The summed E-state index contributed by atoms with van der Waals surface area (Å²) >= 11 is 1.32. The molecule has 2 N–H and O–H groups in total. The Bertz CT molecular complexity index is 2070. The van der Waals surface area contributed by atoms with E-state index < -0.39 is 20.0 Å². The molecule has 0 bridgehead atoms. The number of nitrogens with one attached hydrogen (secondary N) is 2. The first-order chi connectivity index (χ1) is 26.4. The van der Waals surface area contributed by atoms with Crippen LogP contribution in [0, 0.1) is 6.92 Å². The Morgan fingerprint density at radius 3 is 2.27 bits per heavy atom. The van der Waals surface area contributed by atoms with Crippen molar-refractivity contribution >= 4 is 66.2 Å². The topological polar surface area (TPSA) is 128 Å². The lowest BCUT2D eigenvalue weighted by atomic mass is 10.1. The molecule has 0 radical (unpaired) electrons. The standard InChI is InChI=1S/C44H56N4O6SSi/c1-28(2)56(29(3)4,30(5)6)54-41-23-32(17-22-40(41)52-11)16-19-36(47-48-43(51)53-44(8,9)10)26-37(49)27-55-38-14-12-13-34(25-38)42(50)46-35-20-21-39-33(24-35)18-15-31(7)45-39/h12-25,28-30H,26-27H2,1-11H3,(H,46,50)(H,48,51)/b19-16+,47-36?. The van der Waals surface area contributed by atoms with Gasteiger partial charge in [0.05, 0.1) is 30.5 Å². The van der Waals surface area contributed by atoms with Crippen molar-refractivity contribution in [2.75, 3.05) is 18.2 Å². The van der Waals surface area contributed by atoms with Gasteiger partial charge in [-0.3, -0.25) is 14.6 Å². The number of benzene rings is 3. The van der Waals surface area contributed by atoms with Crippen molar-refractivity contribution in [3.8, 4) is 11.5 Å². The second kappa shape index (κ2) is 19.3. The smallest absolute Gasteiger partial charge is 0.428 e. The van der Waals surface area contributed by atoms with E-state index in [4.69, 9.17) is 13.9 Å². The summed E-state index contributed by atoms with van der Waals surface area (Å²) in [5.74, 6) is 1.06. The zero-order valence-electron chi connectivity index (χ0n) is 34.5. The van der Waals surface area contributed by atoms with Crippen molar-refractivity contribution < 1.29 is 28.3 Å². The summed E-state index contributed by atoms with van der Waals surface area (Å²) in [6.07, 6.45) is 2.76. The highest BCUT2D eigenvalue weighted by atomic mass is 32.2. The average molecular weight is 797 g/mol. The number of amides is 2. The van der Waals surface area contributed by atoms with E-state index in [0.29, 0.717) is 45.1 Å². The van der Waals surface area contributed by atoms with Crippen LogP contribution in [0.1, 0.15) is 90.3 Å². The predicted octanol–water partition coefficient (Wildman–Crippen LogP) is 11.0. The molecular weight excluding hydrogens is 741 g/mol. The fourth-order valence-corrected chi connectivity index (χ4v) is 12.9. The quantitative estimate of drug-likeness (QED) is 0.0496. The van der Waals surface area contributed by atoms with Crippen molar-refractivity contribution in [2.45, 2.75) is 103 Å². The van der Waals surface area contributed by atoms with Crippen LogP contribution in [-0.4, -0.2) is 55.3 Å². The Morgan fingerprint density at radius 1 is 0.893 bits per heavy atom. The number of nitrogens with zero attached hydrogens (tertiary/aromatic N) is 2. The lowest BCUT2D eigenvalue weighted by molar-refractivity contribution is -0.115. The summed E-state index contributed by atoms with van der Waals surface area (Å²) in [5, 5.41) is 8.16. The van der Waals surface area contributed by atoms with Crippen LogP contribution < -0.4 is 19.9 Å². The van der Waals surface area contributed by atoms with E-state index in [1.807, 2.05) is 67.6 Å². The SMILES string of the molecule is COc1ccc(/C=C/C(CC(=O)CSc2cccc(C(=O)Nc3ccc4nc(C)ccc4c3)c2)=NNC(=O)OC(C)(C)C)cc1O[Si](C(C)C)(C(C)C)C(C)C. The molecule has 298 valence electrons. The molecule has 4 aromatic rings. The Kier molecular flexibility index (Phi) is 15.1. The fraction of sp³-hybridized carbons (Fsp3) is 0.386. The molecule has 1 heterocycles. The summed E-state index contributed by atoms with van der Waals surface area (Å²) in [7, 11) is -0.654. The van der Waals surface area contributed by atoms with E-state index in [-0.39, 0.29) is 23.9 Å². The molecule has 3 aromatic carbocycles. The van der Waals surface area contributed by atoms with Gasteiger partial charge in [0.1, 0.15) is 17.1 Å². The first-order valence-corrected chi connectivity index (χ1v) is 22.1. The molecule has 0 unspecified atom stereocenters. The van der Waals surface area contributed by atoms with Crippen LogP contribution in [0.15, 0.2) is 88.9 Å². The Balaban J connectivity index is 1.50. The van der Waals surface area contributed by atoms with Gasteiger partial charge in [-0.2, -0.15) is 5.10 Å². The van der Waals surface area contributed by atoms with Crippen LogP contribution in [0.25, 0.3) is 17.0 Å². The maximum Gasteiger partial charge on any atom is 0.428 e. The number of pyridine rings is 1. The van der Waals surface area contributed by atoms with Crippen LogP contribution in [0.2, 0.25) is 16.6 Å². The van der Waals surface area contributed by atoms with Gasteiger partial charge < -0.3 is 19.2 Å². The zero-order chi connectivity index (χ0) is 41.2. The molecule has 0 aliphatic rings. The zero-order valence-corrected chi connectivity index (χ0v) is 36.3. The number of aryl methyl sites for hydroxylation is 1. The summed E-state index contributed by atoms with van der Waals surface area (Å²) in [4.78, 5) is 44.4. The molecule has 12 heteroatoms. The van der Waals surface area contributed by atoms with Gasteiger partial charge in [-0.05, 0) is 111 Å². The van der Waals surface area contributed by atoms with Crippen LogP contribution in [0.3, 0.4) is 0 Å². The molecule has 0 fully saturated rings. The number of allylic oxidation sites excluding steroid dienone is 1. The number of hydrazone groups is 1. The summed E-state index contributed by atoms with van der Waals surface area (Å²) < 4.78 is 18.1. The average Bonchev–Trinajstić information content (AvgIpc) is 3.13. The Labute approximate surface area is 337 Å². The predicted molar refractivity (Wildman–Crippen MR) is 232 cm³/mol. The van der Waals surface area contributed by atoms with Crippen molar-refractivity contribution in [1.29, 1.82) is 0 Å². The van der Waals surface area contributed by atoms with Crippen molar-refractivity contribution in [2.24, 2.45) is 5.10 Å². The largest absolute Gasteiger partial charge is 0.540 e. The second-order valence-electron chi connectivity index (χ2n) is 15.7. The van der Waals surface area contributed by atoms with E-state index in [1.165, 1.54) is 11.8 Å². The highest BCUT2D eigenvalue weighted by Gasteiger charge is 2.47. The van der Waals surface area contributed by atoms with Crippen molar-refractivity contribution in [3.05, 3.63) is 95.7 Å². The third-order valence-corrected chi connectivity index (χ3v) is 16.3. The number of aromatic nitrogens is 1. The van der Waals surface area contributed by atoms with Gasteiger partial charge in [0, 0.05) is 27.2 Å². The van der Waals surface area contributed by atoms with Crippen LogP contribution in [0.4, 0.5) is 10.5 Å². The number of hydrogen-bond donors (Lipinski definition) is 2. The highest BCUT2D eigenvalue weighted by Crippen LogP contribution is 2.45. The first kappa shape index (κ1) is 43.8. The fourth-order valence-electron chi connectivity index (χ4n) is 6.82. The molecule has 10 nitrogen and oxygen atoms in total. The number of fused-ring (bicyclic) bond motifs is 1. The number of carbonyl (C=O) groups excluding carboxylic acids is 3. The van der Waals surface area contributed by atoms with E-state index in [9.17, 15) is 14.4 Å². The number of carbonyl (C=O) groups is 3. The molecule has 4 rings (SSSR count). The Hall–Kier alpha value is -4.94. The number of rotatable bonds is 16. The van der Waals surface area contributed by atoms with E-state index in [1.54, 1.807) is 52.2 Å². The summed E-state index contributed by atoms with van der Waals surface area (Å²) in [6.45, 7) is 20.6. The maximum absolute atomic E-state index is 13.4. The van der Waals surface area contributed by atoms with Crippen molar-refractivity contribution in [1.82, 2.24) is 10.4 Å². The second-order valence-corrected chi connectivity index (χ2v) is 22.2. The molecule has 0 aliphatic carbocycles. The number of ether oxygens (including phenoxy) is 2. The van der Waals surface area contributed by atoms with Gasteiger partial charge in [-0.1, -0.05) is 65.8 Å². The molecule has 56 heavy (non-hydrogen) atoms. The van der Waals surface area contributed by atoms with Gasteiger partial charge in [-0.15, -0.1) is 11.8 Å². The van der Waals surface area contributed by atoms with E-state index in [0.717, 1.165) is 27.1 Å². The van der Waals surface area contributed by atoms with Gasteiger partial charge in [0.2, 0.25) is 0 Å². The molecule has 0 saturated carbocycles. The van der Waals surface area contributed by atoms with Crippen LogP contribution in [-0.2, 0) is 9.53 Å². The summed E-state index contributed by atoms with van der Waals surface area (Å²) in [6, 6.07) is 22.4. The van der Waals surface area contributed by atoms with Gasteiger partial charge in [0.15, 0.2) is 5.75 Å². The van der Waals surface area contributed by atoms with Gasteiger partial charge in [-0.25, -0.2) is 10.2 Å². The monoisotopic (exact) mass is 796 g/mol. The first-order valence-electron chi connectivity index (χ1n) is 18.9. The minimum absolute atomic E-state index is 0.0561. The molecule has 0 aliphatic heterocycles. The molecule has 0 spiro atoms. The number of hydrogen-bond acceptors (Lipinski definition) is 9. The minimum Gasteiger partial charge on any atom is -0.540 e. The molecule has 1 aromatic heterocycles. The lowest BCUT2D eigenvalue weighted by Crippen LogP contribution is -2.50. The Morgan fingerprint density at radius 2 is 1.61 bits per heavy atom. The third-order valence-electron chi connectivity index (χ3n) is 9.30. The lowest BCUT2D eigenvalue weighted by Gasteiger charge is -2.42. The van der Waals surface area contributed by atoms with E-state index >= 15 is 0 Å². The normalized spacial score (nSPS) is 12.4. The number of ketones is 1. The van der Waals surface area contributed by atoms with Crippen molar-refractivity contribution in [3.63, 3.8) is 0 Å². The number of thioether (sulfide) groups is 1. The third kappa shape index (κ3) is 12.0. The van der Waals surface area contributed by atoms with E-state index in [2.05, 4.69) is 62.4 Å². The summed E-state index contributed by atoms with van der Waals surface area (Å²) in [5.41, 5.74) is 6.88. The maximum atomic E-state index is 13.4. The minimum atomic E-state index is -2.29. The molecule has 2 amide bonds. The highest BCUT2D eigenvalue weighted by molar-refractivity contribution is 8.00. The molecular formula is C44H56N4O6SSi. The number of methoxy groups -OCH3 is 1. The number of anilines is 1. The van der Waals surface area contributed by atoms with Crippen LogP contribution in [0.5, 0.6) is 11.5 Å².